The lowest BCUT2D eigenvalue weighted by Crippen LogP contribution is -2.54. The molecule has 2 aromatic carbocycles. The van der Waals surface area contributed by atoms with Crippen LogP contribution >= 0.6 is 0 Å². The number of carbonyl (C=O) groups excluding carboxylic acids is 2. The number of amides is 2. The molecule has 6 N–H and O–H groups in total. The van der Waals surface area contributed by atoms with E-state index >= 15 is 0 Å². The molecule has 170 valence electrons. The Labute approximate surface area is 185 Å². The molecular formula is C23H27N3O6. The number of phenols is 2. The zero-order valence-corrected chi connectivity index (χ0v) is 17.5. The first-order valence-electron chi connectivity index (χ1n) is 10.4. The molecule has 3 rings (SSSR count). The average Bonchev–Trinajstić information content (AvgIpc) is 3.25. The SMILES string of the molecule is N[C@@H](Cc1ccc(O)cc1)C(=O)N1CCC[C@H]1C(=O)N[C@@H](Cc1ccc(O)cc1)C(=O)O. The Hall–Kier alpha value is -3.59. The molecule has 3 atom stereocenters. The third kappa shape index (κ3) is 5.76. The van der Waals surface area contributed by atoms with Crippen LogP contribution in [0.5, 0.6) is 11.5 Å². The number of carbonyl (C=O) groups is 3. The van der Waals surface area contributed by atoms with Crippen molar-refractivity contribution in [3.8, 4) is 11.5 Å². The normalized spacial score (nSPS) is 17.5. The number of rotatable bonds is 8. The maximum Gasteiger partial charge on any atom is 0.326 e. The predicted molar refractivity (Wildman–Crippen MR) is 116 cm³/mol. The minimum atomic E-state index is -1.19. The molecule has 0 unspecified atom stereocenters. The van der Waals surface area contributed by atoms with E-state index in [9.17, 15) is 29.7 Å². The number of nitrogens with zero attached hydrogens (tertiary/aromatic N) is 1. The van der Waals surface area contributed by atoms with E-state index < -0.39 is 30.0 Å². The second-order valence-electron chi connectivity index (χ2n) is 7.94. The molecule has 1 aliphatic heterocycles. The fourth-order valence-electron chi connectivity index (χ4n) is 3.83. The highest BCUT2D eigenvalue weighted by molar-refractivity contribution is 5.92. The van der Waals surface area contributed by atoms with Gasteiger partial charge in [0, 0.05) is 13.0 Å². The fourth-order valence-corrected chi connectivity index (χ4v) is 3.83. The van der Waals surface area contributed by atoms with Gasteiger partial charge in [-0.2, -0.15) is 0 Å². The van der Waals surface area contributed by atoms with Gasteiger partial charge < -0.3 is 31.3 Å². The summed E-state index contributed by atoms with van der Waals surface area (Å²) in [6.07, 6.45) is 1.34. The number of aromatic hydroxyl groups is 2. The van der Waals surface area contributed by atoms with Crippen molar-refractivity contribution in [3.63, 3.8) is 0 Å². The van der Waals surface area contributed by atoms with Crippen molar-refractivity contribution in [3.05, 3.63) is 59.7 Å². The molecule has 2 aromatic rings. The molecule has 0 radical (unpaired) electrons. The van der Waals surface area contributed by atoms with E-state index in [0.717, 1.165) is 5.56 Å². The molecule has 1 saturated heterocycles. The Morgan fingerprint density at radius 3 is 2.03 bits per heavy atom. The minimum absolute atomic E-state index is 0.0440. The lowest BCUT2D eigenvalue weighted by atomic mass is 10.0. The lowest BCUT2D eigenvalue weighted by molar-refractivity contribution is -0.144. The van der Waals surface area contributed by atoms with Gasteiger partial charge in [0.2, 0.25) is 11.8 Å². The number of hydrogen-bond donors (Lipinski definition) is 5. The van der Waals surface area contributed by atoms with Crippen LogP contribution in [0.2, 0.25) is 0 Å². The number of aliphatic carboxylic acids is 1. The van der Waals surface area contributed by atoms with Crippen molar-refractivity contribution in [2.75, 3.05) is 6.54 Å². The molecule has 1 fully saturated rings. The zero-order chi connectivity index (χ0) is 23.3. The summed E-state index contributed by atoms with van der Waals surface area (Å²) in [6, 6.07) is 9.64. The second-order valence-corrected chi connectivity index (χ2v) is 7.94. The Morgan fingerprint density at radius 2 is 1.50 bits per heavy atom. The third-order valence-electron chi connectivity index (χ3n) is 5.54. The van der Waals surface area contributed by atoms with Crippen molar-refractivity contribution in [1.29, 1.82) is 0 Å². The van der Waals surface area contributed by atoms with Gasteiger partial charge in [-0.3, -0.25) is 9.59 Å². The van der Waals surface area contributed by atoms with E-state index in [1.54, 1.807) is 24.3 Å². The molecule has 0 bridgehead atoms. The van der Waals surface area contributed by atoms with Gasteiger partial charge in [-0.1, -0.05) is 24.3 Å². The van der Waals surface area contributed by atoms with Gasteiger partial charge in [-0.15, -0.1) is 0 Å². The molecule has 1 heterocycles. The van der Waals surface area contributed by atoms with Gasteiger partial charge in [-0.05, 0) is 54.7 Å². The molecule has 2 amide bonds. The summed E-state index contributed by atoms with van der Waals surface area (Å²) in [4.78, 5) is 38.9. The number of nitrogens with one attached hydrogen (secondary N) is 1. The van der Waals surface area contributed by atoms with Gasteiger partial charge in [0.05, 0.1) is 6.04 Å². The number of carboxylic acid groups (broad SMARTS) is 1. The first-order chi connectivity index (χ1) is 15.2. The Bertz CT molecular complexity index is 961. The summed E-state index contributed by atoms with van der Waals surface area (Å²) in [7, 11) is 0. The smallest absolute Gasteiger partial charge is 0.326 e. The predicted octanol–water partition coefficient (Wildman–Crippen LogP) is 0.771. The molecule has 0 aliphatic carbocycles. The summed E-state index contributed by atoms with van der Waals surface area (Å²) < 4.78 is 0. The molecule has 0 spiro atoms. The third-order valence-corrected chi connectivity index (χ3v) is 5.54. The summed E-state index contributed by atoms with van der Waals surface area (Å²) in [5, 5.41) is 30.8. The quantitative estimate of drug-likeness (QED) is 0.405. The first-order valence-corrected chi connectivity index (χ1v) is 10.4. The maximum absolute atomic E-state index is 12.9. The van der Waals surface area contributed by atoms with Crippen LogP contribution in [-0.2, 0) is 27.2 Å². The standard InChI is InChI=1S/C23H27N3O6/c24-18(12-14-3-7-16(27)8-4-14)22(30)26-11-1-2-20(26)21(29)25-19(23(31)32)13-15-5-9-17(28)10-6-15/h3-10,18-20,27-28H,1-2,11-13,24H2,(H,25,29)(H,31,32)/t18-,19-,20-/m0/s1. The summed E-state index contributed by atoms with van der Waals surface area (Å²) in [5.41, 5.74) is 7.52. The molecule has 9 nitrogen and oxygen atoms in total. The number of hydrogen-bond acceptors (Lipinski definition) is 6. The average molecular weight is 441 g/mol. The first kappa shape index (κ1) is 23.1. The van der Waals surface area contributed by atoms with Gasteiger partial charge in [0.15, 0.2) is 0 Å². The number of nitrogens with two attached hydrogens (primary N) is 1. The molecule has 32 heavy (non-hydrogen) atoms. The molecule has 0 aromatic heterocycles. The molecular weight excluding hydrogens is 414 g/mol. The maximum atomic E-state index is 12.9. The Balaban J connectivity index is 1.63. The number of carboxylic acids is 1. The van der Waals surface area contributed by atoms with Crippen LogP contribution in [0.25, 0.3) is 0 Å². The van der Waals surface area contributed by atoms with Gasteiger partial charge in [-0.25, -0.2) is 4.79 Å². The zero-order valence-electron chi connectivity index (χ0n) is 17.5. The highest BCUT2D eigenvalue weighted by Crippen LogP contribution is 2.20. The molecule has 9 heteroatoms. The highest BCUT2D eigenvalue weighted by atomic mass is 16.4. The monoisotopic (exact) mass is 441 g/mol. The van der Waals surface area contributed by atoms with Gasteiger partial charge in [0.25, 0.3) is 0 Å². The largest absolute Gasteiger partial charge is 0.508 e. The van der Waals surface area contributed by atoms with Crippen LogP contribution < -0.4 is 11.1 Å². The van der Waals surface area contributed by atoms with Crippen LogP contribution in [0, 0.1) is 0 Å². The van der Waals surface area contributed by atoms with E-state index in [1.807, 2.05) is 0 Å². The van der Waals surface area contributed by atoms with Crippen LogP contribution in [0.4, 0.5) is 0 Å². The number of phenolic OH excluding ortho intramolecular Hbond substituents is 2. The van der Waals surface area contributed by atoms with Crippen molar-refractivity contribution in [1.82, 2.24) is 10.2 Å². The van der Waals surface area contributed by atoms with Crippen molar-refractivity contribution in [2.24, 2.45) is 5.73 Å². The fraction of sp³-hybridized carbons (Fsp3) is 0.348. The lowest BCUT2D eigenvalue weighted by Gasteiger charge is -2.28. The Morgan fingerprint density at radius 1 is 0.969 bits per heavy atom. The van der Waals surface area contributed by atoms with E-state index in [4.69, 9.17) is 5.73 Å². The summed E-state index contributed by atoms with van der Waals surface area (Å²) in [5.74, 6) is -1.91. The molecule has 1 aliphatic rings. The van der Waals surface area contributed by atoms with Gasteiger partial charge in [0.1, 0.15) is 23.6 Å². The number of likely N-dealkylation sites (tertiary alicyclic amines) is 1. The summed E-state index contributed by atoms with van der Waals surface area (Å²) >= 11 is 0. The minimum Gasteiger partial charge on any atom is -0.508 e. The van der Waals surface area contributed by atoms with Crippen molar-refractivity contribution in [2.45, 2.75) is 43.8 Å². The van der Waals surface area contributed by atoms with Crippen LogP contribution in [0.3, 0.4) is 0 Å². The number of benzene rings is 2. The Kier molecular flexibility index (Phi) is 7.32. The van der Waals surface area contributed by atoms with E-state index in [-0.39, 0.29) is 30.2 Å². The topological polar surface area (TPSA) is 153 Å². The molecule has 0 saturated carbocycles. The van der Waals surface area contributed by atoms with Crippen LogP contribution in [0.1, 0.15) is 24.0 Å². The second kappa shape index (κ2) is 10.1. The van der Waals surface area contributed by atoms with E-state index in [0.29, 0.717) is 24.9 Å². The van der Waals surface area contributed by atoms with Crippen LogP contribution in [0.15, 0.2) is 48.5 Å². The van der Waals surface area contributed by atoms with Crippen LogP contribution in [-0.4, -0.2) is 62.7 Å². The van der Waals surface area contributed by atoms with Crippen molar-refractivity contribution < 1.29 is 29.7 Å². The van der Waals surface area contributed by atoms with Crippen molar-refractivity contribution >= 4 is 17.8 Å². The van der Waals surface area contributed by atoms with E-state index in [1.165, 1.54) is 29.2 Å². The van der Waals surface area contributed by atoms with Gasteiger partial charge >= 0.3 is 5.97 Å². The highest BCUT2D eigenvalue weighted by Gasteiger charge is 2.37. The summed E-state index contributed by atoms with van der Waals surface area (Å²) in [6.45, 7) is 0.371. The van der Waals surface area contributed by atoms with E-state index in [2.05, 4.69) is 5.32 Å².